The highest BCUT2D eigenvalue weighted by molar-refractivity contribution is 5.94. The Morgan fingerprint density at radius 3 is 2.60 bits per heavy atom. The van der Waals surface area contributed by atoms with Gasteiger partial charge in [0.1, 0.15) is 0 Å². The van der Waals surface area contributed by atoms with Crippen LogP contribution in [0.5, 0.6) is 5.88 Å². The zero-order valence-corrected chi connectivity index (χ0v) is 12.3. The number of nitrogens with two attached hydrogens (primary N) is 1. The molecule has 112 valence electrons. The summed E-state index contributed by atoms with van der Waals surface area (Å²) >= 11 is 0. The molecule has 0 unspecified atom stereocenters. The summed E-state index contributed by atoms with van der Waals surface area (Å²) in [6.45, 7) is 7.49. The van der Waals surface area contributed by atoms with Gasteiger partial charge in [0.2, 0.25) is 0 Å². The average molecular weight is 281 g/mol. The molecule has 0 saturated carbocycles. The van der Waals surface area contributed by atoms with Crippen LogP contribution in [-0.4, -0.2) is 40.5 Å². The molecule has 0 spiro atoms. The first-order valence-electron chi connectivity index (χ1n) is 6.72. The van der Waals surface area contributed by atoms with Crippen molar-refractivity contribution in [1.29, 1.82) is 0 Å². The first-order valence-corrected chi connectivity index (χ1v) is 6.72. The van der Waals surface area contributed by atoms with Crippen LogP contribution >= 0.6 is 0 Å². The van der Waals surface area contributed by atoms with Gasteiger partial charge in [-0.25, -0.2) is 0 Å². The normalized spacial score (nSPS) is 11.4. The van der Waals surface area contributed by atoms with E-state index in [0.717, 1.165) is 6.42 Å². The van der Waals surface area contributed by atoms with Crippen molar-refractivity contribution in [3.8, 4) is 5.88 Å². The first kappa shape index (κ1) is 16.2. The summed E-state index contributed by atoms with van der Waals surface area (Å²) in [5.74, 6) is -0.579. The van der Waals surface area contributed by atoms with Crippen LogP contribution in [0.4, 0.5) is 0 Å². The molecule has 6 nitrogen and oxygen atoms in total. The molecule has 6 heteroatoms. The predicted octanol–water partition coefficient (Wildman–Crippen LogP) is 0.918. The summed E-state index contributed by atoms with van der Waals surface area (Å²) in [7, 11) is 0. The van der Waals surface area contributed by atoms with Crippen molar-refractivity contribution in [3.63, 3.8) is 0 Å². The van der Waals surface area contributed by atoms with Gasteiger partial charge in [-0.2, -0.15) is 0 Å². The molecule has 0 aliphatic rings. The number of H-pyrrole nitrogens is 1. The molecule has 0 aliphatic carbocycles. The lowest BCUT2D eigenvalue weighted by Gasteiger charge is -2.31. The van der Waals surface area contributed by atoms with Crippen LogP contribution in [-0.2, 0) is 0 Å². The molecule has 0 atom stereocenters. The van der Waals surface area contributed by atoms with E-state index in [9.17, 15) is 14.7 Å². The van der Waals surface area contributed by atoms with Crippen molar-refractivity contribution in [1.82, 2.24) is 9.88 Å². The van der Waals surface area contributed by atoms with Crippen molar-refractivity contribution < 1.29 is 9.90 Å². The number of aromatic nitrogens is 1. The standard InChI is InChI=1S/C14H23N3O3/c1-4-5-17(9-14(2,3)8-15)13(20)10-6-11(18)16-12(19)7-10/h6-7H,4-5,8-9,15H2,1-3H3,(H2,16,18,19). The molecule has 20 heavy (non-hydrogen) atoms. The Labute approximate surface area is 118 Å². The number of carbonyl (C=O) groups is 1. The maximum Gasteiger partial charge on any atom is 0.254 e. The molecule has 0 aliphatic heterocycles. The molecule has 0 fully saturated rings. The third-order valence-corrected chi connectivity index (χ3v) is 3.03. The van der Waals surface area contributed by atoms with Gasteiger partial charge in [0.05, 0.1) is 5.56 Å². The van der Waals surface area contributed by atoms with Gasteiger partial charge in [0, 0.05) is 25.2 Å². The molecule has 1 rings (SSSR count). The molecule has 1 amide bonds. The van der Waals surface area contributed by atoms with E-state index in [1.165, 1.54) is 12.1 Å². The number of carbonyl (C=O) groups excluding carboxylic acids is 1. The van der Waals surface area contributed by atoms with Crippen LogP contribution in [0.1, 0.15) is 37.6 Å². The number of aromatic amines is 1. The second kappa shape index (κ2) is 6.56. The lowest BCUT2D eigenvalue weighted by molar-refractivity contribution is 0.0688. The maximum atomic E-state index is 12.5. The Morgan fingerprint density at radius 1 is 1.45 bits per heavy atom. The number of pyridine rings is 1. The molecule has 1 aromatic heterocycles. The summed E-state index contributed by atoms with van der Waals surface area (Å²) in [5, 5.41) is 9.39. The van der Waals surface area contributed by atoms with Crippen LogP contribution in [0.15, 0.2) is 16.9 Å². The first-order chi connectivity index (χ1) is 9.29. The van der Waals surface area contributed by atoms with Gasteiger partial charge in [0.15, 0.2) is 5.88 Å². The zero-order valence-electron chi connectivity index (χ0n) is 12.3. The van der Waals surface area contributed by atoms with E-state index >= 15 is 0 Å². The summed E-state index contributed by atoms with van der Waals surface area (Å²) in [6, 6.07) is 2.46. The largest absolute Gasteiger partial charge is 0.494 e. The van der Waals surface area contributed by atoms with Crippen molar-refractivity contribution in [2.24, 2.45) is 11.1 Å². The monoisotopic (exact) mass is 281 g/mol. The third kappa shape index (κ3) is 4.38. The number of hydrogen-bond acceptors (Lipinski definition) is 4. The quantitative estimate of drug-likeness (QED) is 0.722. The van der Waals surface area contributed by atoms with Crippen molar-refractivity contribution in [2.75, 3.05) is 19.6 Å². The highest BCUT2D eigenvalue weighted by atomic mass is 16.3. The second-order valence-electron chi connectivity index (χ2n) is 5.71. The SMILES string of the molecule is CCCN(CC(C)(C)CN)C(=O)c1cc(O)[nH]c(=O)c1. The fraction of sp³-hybridized carbons (Fsp3) is 0.571. The van der Waals surface area contributed by atoms with Gasteiger partial charge in [0.25, 0.3) is 11.5 Å². The lowest BCUT2D eigenvalue weighted by Crippen LogP contribution is -2.42. The molecule has 0 bridgehead atoms. The van der Waals surface area contributed by atoms with Gasteiger partial charge >= 0.3 is 0 Å². The van der Waals surface area contributed by atoms with E-state index in [4.69, 9.17) is 5.73 Å². The van der Waals surface area contributed by atoms with Gasteiger partial charge < -0.3 is 15.7 Å². The minimum Gasteiger partial charge on any atom is -0.494 e. The molecule has 1 aromatic rings. The number of hydrogen-bond donors (Lipinski definition) is 3. The second-order valence-corrected chi connectivity index (χ2v) is 5.71. The van der Waals surface area contributed by atoms with E-state index in [1.54, 1.807) is 4.90 Å². The Morgan fingerprint density at radius 2 is 2.10 bits per heavy atom. The number of nitrogens with one attached hydrogen (secondary N) is 1. The predicted molar refractivity (Wildman–Crippen MR) is 77.8 cm³/mol. The summed E-state index contributed by atoms with van der Waals surface area (Å²) in [4.78, 5) is 27.7. The van der Waals surface area contributed by atoms with Crippen LogP contribution in [0.2, 0.25) is 0 Å². The topological polar surface area (TPSA) is 99.4 Å². The Bertz CT molecular complexity index is 523. The van der Waals surface area contributed by atoms with Crippen LogP contribution < -0.4 is 11.3 Å². The smallest absolute Gasteiger partial charge is 0.254 e. The number of aromatic hydroxyl groups is 1. The van der Waals surface area contributed by atoms with E-state index in [-0.39, 0.29) is 22.8 Å². The summed E-state index contributed by atoms with van der Waals surface area (Å²) in [6.07, 6.45) is 0.807. The molecular formula is C14H23N3O3. The van der Waals surface area contributed by atoms with Gasteiger partial charge in [-0.1, -0.05) is 20.8 Å². The number of nitrogens with zero attached hydrogens (tertiary/aromatic N) is 1. The molecule has 0 saturated heterocycles. The maximum absolute atomic E-state index is 12.5. The van der Waals surface area contributed by atoms with Gasteiger partial charge in [-0.15, -0.1) is 0 Å². The van der Waals surface area contributed by atoms with E-state index < -0.39 is 5.56 Å². The lowest BCUT2D eigenvalue weighted by atomic mass is 9.92. The van der Waals surface area contributed by atoms with Gasteiger partial charge in [-0.05, 0) is 18.4 Å². The van der Waals surface area contributed by atoms with Gasteiger partial charge in [-0.3, -0.25) is 14.6 Å². The van der Waals surface area contributed by atoms with Crippen molar-refractivity contribution in [3.05, 3.63) is 28.0 Å². The molecule has 0 radical (unpaired) electrons. The number of amides is 1. The fourth-order valence-electron chi connectivity index (χ4n) is 1.94. The van der Waals surface area contributed by atoms with E-state index in [0.29, 0.717) is 19.6 Å². The Kier molecular flexibility index (Phi) is 5.33. The van der Waals surface area contributed by atoms with Crippen molar-refractivity contribution in [2.45, 2.75) is 27.2 Å². The van der Waals surface area contributed by atoms with Crippen molar-refractivity contribution >= 4 is 5.91 Å². The van der Waals surface area contributed by atoms with E-state index in [2.05, 4.69) is 4.98 Å². The molecular weight excluding hydrogens is 258 g/mol. The zero-order chi connectivity index (χ0) is 15.3. The average Bonchev–Trinajstić information content (AvgIpc) is 2.36. The Balaban J connectivity index is 3.02. The molecule has 0 aromatic carbocycles. The van der Waals surface area contributed by atoms with Crippen LogP contribution in [0, 0.1) is 5.41 Å². The minimum absolute atomic E-state index is 0.188. The summed E-state index contributed by atoms with van der Waals surface area (Å²) < 4.78 is 0. The van der Waals surface area contributed by atoms with Crippen LogP contribution in [0.25, 0.3) is 0 Å². The molecule has 4 N–H and O–H groups in total. The minimum atomic E-state index is -0.497. The van der Waals surface area contributed by atoms with E-state index in [1.807, 2.05) is 20.8 Å². The highest BCUT2D eigenvalue weighted by Gasteiger charge is 2.24. The fourth-order valence-corrected chi connectivity index (χ4v) is 1.94. The Hall–Kier alpha value is -1.82. The van der Waals surface area contributed by atoms with Crippen LogP contribution in [0.3, 0.4) is 0 Å². The summed E-state index contributed by atoms with van der Waals surface area (Å²) in [5.41, 5.74) is 5.19. The highest BCUT2D eigenvalue weighted by Crippen LogP contribution is 2.17. The third-order valence-electron chi connectivity index (χ3n) is 3.03. The molecule has 1 heterocycles. The number of rotatable bonds is 6.